The lowest BCUT2D eigenvalue weighted by Crippen LogP contribution is -2.30. The third kappa shape index (κ3) is 3.68. The summed E-state index contributed by atoms with van der Waals surface area (Å²) in [6.07, 6.45) is 0.955. The van der Waals surface area contributed by atoms with E-state index in [1.807, 2.05) is 0 Å². The van der Waals surface area contributed by atoms with Crippen LogP contribution < -0.4 is 0 Å². The summed E-state index contributed by atoms with van der Waals surface area (Å²) in [6, 6.07) is 33.3. The molecule has 4 aromatic rings. The van der Waals surface area contributed by atoms with Crippen molar-refractivity contribution >= 4 is 63.7 Å². The van der Waals surface area contributed by atoms with Gasteiger partial charge in [0.15, 0.2) is 0 Å². The molecule has 0 heterocycles. The lowest BCUT2D eigenvalue weighted by atomic mass is 9.67. The van der Waals surface area contributed by atoms with E-state index in [-0.39, 0.29) is 10.8 Å². The molecule has 0 aliphatic heterocycles. The first-order valence-electron chi connectivity index (χ1n) is 10.4. The van der Waals surface area contributed by atoms with Crippen LogP contribution in [0.5, 0.6) is 0 Å². The van der Waals surface area contributed by atoms with Gasteiger partial charge in [-0.25, -0.2) is 0 Å². The monoisotopic (exact) mass is 672 g/mol. The molecule has 0 spiro atoms. The van der Waals surface area contributed by atoms with Gasteiger partial charge in [0, 0.05) is 28.7 Å². The third-order valence-electron chi connectivity index (χ3n) is 6.81. The molecule has 4 heteroatoms. The number of rotatable bonds is 3. The molecule has 1 aliphatic rings. The fourth-order valence-electron chi connectivity index (χ4n) is 5.30. The third-order valence-corrected chi connectivity index (χ3v) is 8.89. The van der Waals surface area contributed by atoms with Crippen molar-refractivity contribution in [3.8, 4) is 0 Å². The summed E-state index contributed by atoms with van der Waals surface area (Å²) >= 11 is 14.6. The van der Waals surface area contributed by atoms with Crippen molar-refractivity contribution in [2.45, 2.75) is 24.2 Å². The van der Waals surface area contributed by atoms with Crippen LogP contribution in [-0.4, -0.2) is 0 Å². The van der Waals surface area contributed by atoms with Crippen LogP contribution in [-0.2, 0) is 10.8 Å². The van der Waals surface area contributed by atoms with Gasteiger partial charge in [0.1, 0.15) is 0 Å². The van der Waals surface area contributed by atoms with Crippen molar-refractivity contribution in [3.63, 3.8) is 0 Å². The zero-order valence-electron chi connectivity index (χ0n) is 17.4. The number of benzene rings is 4. The minimum Gasteiger partial charge on any atom is -0.0570 e. The minimum atomic E-state index is -0.262. The van der Waals surface area contributed by atoms with Crippen molar-refractivity contribution in [1.29, 1.82) is 0 Å². The normalized spacial score (nSPS) is 19.0. The van der Waals surface area contributed by atoms with E-state index in [9.17, 15) is 0 Å². The molecule has 0 bridgehead atoms. The molecule has 0 aromatic heterocycles. The quantitative estimate of drug-likeness (QED) is 0.203. The SMILES string of the molecule is CC1(c2ccc(Br)cc2)CC(c2ccc(Br)cc2)(c2ccc(Br)cc2)c2cc(Br)ccc21. The Kier molecular flexibility index (Phi) is 6.03. The Hall–Kier alpha value is -1.20. The topological polar surface area (TPSA) is 0 Å². The van der Waals surface area contributed by atoms with E-state index in [0.717, 1.165) is 24.3 Å². The molecule has 1 unspecified atom stereocenters. The van der Waals surface area contributed by atoms with Crippen LogP contribution in [0, 0.1) is 0 Å². The zero-order chi connectivity index (χ0) is 22.5. The van der Waals surface area contributed by atoms with Crippen LogP contribution in [0.4, 0.5) is 0 Å². The molecule has 160 valence electrons. The van der Waals surface area contributed by atoms with E-state index < -0.39 is 0 Å². The molecule has 0 fully saturated rings. The Labute approximate surface area is 223 Å². The van der Waals surface area contributed by atoms with Gasteiger partial charge in [-0.05, 0) is 82.8 Å². The van der Waals surface area contributed by atoms with Gasteiger partial charge < -0.3 is 0 Å². The molecule has 4 aromatic carbocycles. The predicted octanol–water partition coefficient (Wildman–Crippen LogP) is 9.78. The van der Waals surface area contributed by atoms with Gasteiger partial charge in [-0.2, -0.15) is 0 Å². The van der Waals surface area contributed by atoms with Crippen LogP contribution in [0.1, 0.15) is 41.2 Å². The maximum atomic E-state index is 3.77. The van der Waals surface area contributed by atoms with E-state index in [1.54, 1.807) is 0 Å². The summed E-state index contributed by atoms with van der Waals surface area (Å²) in [5.74, 6) is 0. The van der Waals surface area contributed by atoms with E-state index in [4.69, 9.17) is 0 Å². The second kappa shape index (κ2) is 8.54. The summed E-state index contributed by atoms with van der Waals surface area (Å²) in [6.45, 7) is 2.39. The average Bonchev–Trinajstić information content (AvgIpc) is 3.05. The van der Waals surface area contributed by atoms with Crippen molar-refractivity contribution < 1.29 is 0 Å². The van der Waals surface area contributed by atoms with Crippen LogP contribution >= 0.6 is 63.7 Å². The minimum absolute atomic E-state index is 0.128. The first-order valence-corrected chi connectivity index (χ1v) is 13.6. The Morgan fingerprint density at radius 2 is 0.906 bits per heavy atom. The van der Waals surface area contributed by atoms with Crippen LogP contribution in [0.15, 0.2) is 109 Å². The standard InChI is InChI=1S/C28H20Br4/c1-27(18-2-8-21(29)9-3-18)17-28(19-4-10-22(30)11-5-19,20-6-12-23(31)13-7-20)26-16-24(32)14-15-25(26)27/h2-16H,17H2,1H3. The van der Waals surface area contributed by atoms with Gasteiger partial charge in [-0.1, -0.05) is 113 Å². The fourth-order valence-corrected chi connectivity index (χ4v) is 6.45. The van der Waals surface area contributed by atoms with Crippen LogP contribution in [0.25, 0.3) is 0 Å². The zero-order valence-corrected chi connectivity index (χ0v) is 23.7. The van der Waals surface area contributed by atoms with Crippen LogP contribution in [0.3, 0.4) is 0 Å². The number of halogens is 4. The first kappa shape index (κ1) is 22.6. The van der Waals surface area contributed by atoms with Gasteiger partial charge in [0.2, 0.25) is 0 Å². The van der Waals surface area contributed by atoms with Gasteiger partial charge in [0.25, 0.3) is 0 Å². The van der Waals surface area contributed by atoms with Crippen molar-refractivity contribution in [2.75, 3.05) is 0 Å². The highest BCUT2D eigenvalue weighted by atomic mass is 79.9. The molecule has 0 saturated carbocycles. The Bertz CT molecular complexity index is 1230. The summed E-state index contributed by atoms with van der Waals surface area (Å²) in [7, 11) is 0. The first-order chi connectivity index (χ1) is 15.3. The second-order valence-corrected chi connectivity index (χ2v) is 12.3. The molecular formula is C28H20Br4. The number of fused-ring (bicyclic) bond motifs is 1. The molecular weight excluding hydrogens is 656 g/mol. The molecule has 0 nitrogen and oxygen atoms in total. The van der Waals surface area contributed by atoms with E-state index in [0.29, 0.717) is 0 Å². The summed E-state index contributed by atoms with van der Waals surface area (Å²) in [4.78, 5) is 0. The van der Waals surface area contributed by atoms with Crippen molar-refractivity contribution in [1.82, 2.24) is 0 Å². The highest BCUT2D eigenvalue weighted by molar-refractivity contribution is 9.11. The Morgan fingerprint density at radius 1 is 0.500 bits per heavy atom. The van der Waals surface area contributed by atoms with Crippen molar-refractivity contribution in [3.05, 3.63) is 137 Å². The highest BCUT2D eigenvalue weighted by Crippen LogP contribution is 2.59. The van der Waals surface area contributed by atoms with Gasteiger partial charge in [-0.15, -0.1) is 0 Å². The van der Waals surface area contributed by atoms with Gasteiger partial charge in [-0.3, -0.25) is 0 Å². The smallest absolute Gasteiger partial charge is 0.0466 e. The molecule has 0 amide bonds. The maximum absolute atomic E-state index is 3.77. The summed E-state index contributed by atoms with van der Waals surface area (Å²) in [5.41, 5.74) is 6.31. The van der Waals surface area contributed by atoms with Crippen molar-refractivity contribution in [2.24, 2.45) is 0 Å². The lowest BCUT2D eigenvalue weighted by Gasteiger charge is -2.35. The molecule has 5 rings (SSSR count). The highest BCUT2D eigenvalue weighted by Gasteiger charge is 2.52. The summed E-state index contributed by atoms with van der Waals surface area (Å²) < 4.78 is 4.39. The van der Waals surface area contributed by atoms with Gasteiger partial charge in [0.05, 0.1) is 0 Å². The number of hydrogen-bond donors (Lipinski definition) is 0. The largest absolute Gasteiger partial charge is 0.0570 e. The van der Waals surface area contributed by atoms with Crippen LogP contribution in [0.2, 0.25) is 0 Å². The molecule has 0 radical (unpaired) electrons. The van der Waals surface area contributed by atoms with E-state index in [2.05, 4.69) is 162 Å². The van der Waals surface area contributed by atoms with Gasteiger partial charge >= 0.3 is 0 Å². The lowest BCUT2D eigenvalue weighted by molar-refractivity contribution is 0.472. The molecule has 32 heavy (non-hydrogen) atoms. The fraction of sp³-hybridized carbons (Fsp3) is 0.143. The number of hydrogen-bond acceptors (Lipinski definition) is 0. The predicted molar refractivity (Wildman–Crippen MR) is 148 cm³/mol. The average molecular weight is 676 g/mol. The molecule has 0 saturated heterocycles. The Balaban J connectivity index is 1.84. The maximum Gasteiger partial charge on any atom is 0.0466 e. The Morgan fingerprint density at radius 3 is 1.38 bits per heavy atom. The second-order valence-electron chi connectivity index (χ2n) is 8.62. The van der Waals surface area contributed by atoms with E-state index in [1.165, 1.54) is 27.8 Å². The summed E-state index contributed by atoms with van der Waals surface area (Å²) in [5, 5.41) is 0. The molecule has 1 atom stereocenters. The molecule has 0 N–H and O–H groups in total. The molecule has 1 aliphatic carbocycles. The van der Waals surface area contributed by atoms with E-state index >= 15 is 0 Å².